The van der Waals surface area contributed by atoms with Crippen molar-refractivity contribution in [1.29, 1.82) is 0 Å². The standard InChI is InChI=1S/C17H17NO5/c1-22-17(21)18-15(11-12-7-9-13(19)10-8-12)16(20)23-14-5-3-2-4-6-14/h2-10,15,19H,11H2,1H3,(H,18,21)/t15-/m0/s1. The van der Waals surface area contributed by atoms with E-state index in [0.717, 1.165) is 5.56 Å². The summed E-state index contributed by atoms with van der Waals surface area (Å²) in [5, 5.41) is 11.7. The molecule has 0 aliphatic carbocycles. The molecule has 0 fully saturated rings. The number of phenolic OH excluding ortho intramolecular Hbond substituents is 1. The number of methoxy groups -OCH3 is 1. The van der Waals surface area contributed by atoms with Crippen molar-refractivity contribution in [3.8, 4) is 11.5 Å². The number of para-hydroxylation sites is 1. The number of esters is 1. The molecule has 0 unspecified atom stereocenters. The lowest BCUT2D eigenvalue weighted by molar-refractivity contribution is -0.136. The molecule has 0 heterocycles. The SMILES string of the molecule is COC(=O)N[C@@H](Cc1ccc(O)cc1)C(=O)Oc1ccccc1. The minimum absolute atomic E-state index is 0.123. The molecule has 2 rings (SSSR count). The van der Waals surface area contributed by atoms with Gasteiger partial charge in [-0.25, -0.2) is 9.59 Å². The number of carbonyl (C=O) groups is 2. The van der Waals surface area contributed by atoms with Crippen LogP contribution in [0.2, 0.25) is 0 Å². The molecule has 120 valence electrons. The van der Waals surface area contributed by atoms with Crippen molar-refractivity contribution < 1.29 is 24.2 Å². The molecule has 0 saturated carbocycles. The smallest absolute Gasteiger partial charge is 0.407 e. The summed E-state index contributed by atoms with van der Waals surface area (Å²) in [5.74, 6) is -0.0902. The highest BCUT2D eigenvalue weighted by Crippen LogP contribution is 2.14. The first kappa shape index (κ1) is 16.4. The van der Waals surface area contributed by atoms with E-state index in [-0.39, 0.29) is 12.2 Å². The van der Waals surface area contributed by atoms with Crippen molar-refractivity contribution in [2.24, 2.45) is 0 Å². The maximum absolute atomic E-state index is 12.3. The molecule has 6 nitrogen and oxygen atoms in total. The number of carbonyl (C=O) groups excluding carboxylic acids is 2. The van der Waals surface area contributed by atoms with Crippen LogP contribution in [0.3, 0.4) is 0 Å². The fraction of sp³-hybridized carbons (Fsp3) is 0.176. The number of aromatic hydroxyl groups is 1. The van der Waals surface area contributed by atoms with Gasteiger partial charge in [-0.15, -0.1) is 0 Å². The number of hydrogen-bond donors (Lipinski definition) is 2. The van der Waals surface area contributed by atoms with Crippen molar-refractivity contribution in [1.82, 2.24) is 5.32 Å². The van der Waals surface area contributed by atoms with Gasteiger partial charge < -0.3 is 19.9 Å². The lowest BCUT2D eigenvalue weighted by atomic mass is 10.1. The van der Waals surface area contributed by atoms with Crippen LogP contribution in [0.1, 0.15) is 5.56 Å². The maximum atomic E-state index is 12.3. The van der Waals surface area contributed by atoms with Crippen molar-refractivity contribution >= 4 is 12.1 Å². The van der Waals surface area contributed by atoms with Gasteiger partial charge in [-0.2, -0.15) is 0 Å². The Kier molecular flexibility index (Phi) is 5.57. The third-order valence-corrected chi connectivity index (χ3v) is 3.10. The Labute approximate surface area is 133 Å². The molecule has 2 aromatic rings. The molecule has 0 aromatic heterocycles. The Balaban J connectivity index is 2.10. The zero-order valence-electron chi connectivity index (χ0n) is 12.6. The van der Waals surface area contributed by atoms with E-state index in [1.807, 2.05) is 0 Å². The number of amides is 1. The average molecular weight is 315 g/mol. The van der Waals surface area contributed by atoms with Gasteiger partial charge in [-0.05, 0) is 29.8 Å². The molecule has 6 heteroatoms. The van der Waals surface area contributed by atoms with E-state index >= 15 is 0 Å². The second-order valence-corrected chi connectivity index (χ2v) is 4.79. The highest BCUT2D eigenvalue weighted by molar-refractivity contribution is 5.83. The topological polar surface area (TPSA) is 84.9 Å². The molecule has 0 radical (unpaired) electrons. The number of ether oxygens (including phenoxy) is 2. The van der Waals surface area contributed by atoms with E-state index in [2.05, 4.69) is 10.1 Å². The van der Waals surface area contributed by atoms with Crippen LogP contribution in [0.5, 0.6) is 11.5 Å². The van der Waals surface area contributed by atoms with Gasteiger partial charge in [0.2, 0.25) is 0 Å². The van der Waals surface area contributed by atoms with Crippen LogP contribution in [0.4, 0.5) is 4.79 Å². The van der Waals surface area contributed by atoms with Crippen LogP contribution in [0, 0.1) is 0 Å². The van der Waals surface area contributed by atoms with E-state index in [9.17, 15) is 14.7 Å². The molecule has 0 saturated heterocycles. The average Bonchev–Trinajstić information content (AvgIpc) is 2.57. The molecule has 0 aliphatic rings. The summed E-state index contributed by atoms with van der Waals surface area (Å²) in [7, 11) is 1.22. The number of benzene rings is 2. The van der Waals surface area contributed by atoms with E-state index < -0.39 is 18.1 Å². The molecule has 1 amide bonds. The summed E-state index contributed by atoms with van der Waals surface area (Å²) in [6, 6.07) is 14.0. The first-order valence-electron chi connectivity index (χ1n) is 6.97. The zero-order valence-corrected chi connectivity index (χ0v) is 12.6. The Bertz CT molecular complexity index is 654. The minimum Gasteiger partial charge on any atom is -0.508 e. The number of rotatable bonds is 5. The summed E-state index contributed by atoms with van der Waals surface area (Å²) >= 11 is 0. The minimum atomic E-state index is -0.910. The van der Waals surface area contributed by atoms with Gasteiger partial charge in [0.05, 0.1) is 7.11 Å². The number of alkyl carbamates (subject to hydrolysis) is 1. The van der Waals surface area contributed by atoms with Gasteiger partial charge in [0.1, 0.15) is 17.5 Å². The zero-order chi connectivity index (χ0) is 16.7. The lowest BCUT2D eigenvalue weighted by Crippen LogP contribution is -2.44. The molecule has 23 heavy (non-hydrogen) atoms. The second-order valence-electron chi connectivity index (χ2n) is 4.79. The molecule has 2 aromatic carbocycles. The summed E-state index contributed by atoms with van der Waals surface area (Å²) in [6.07, 6.45) is -0.514. The summed E-state index contributed by atoms with van der Waals surface area (Å²) < 4.78 is 9.80. The largest absolute Gasteiger partial charge is 0.508 e. The van der Waals surface area contributed by atoms with Gasteiger partial charge in [-0.3, -0.25) is 0 Å². The fourth-order valence-electron chi connectivity index (χ4n) is 1.94. The van der Waals surface area contributed by atoms with E-state index in [1.165, 1.54) is 19.2 Å². The lowest BCUT2D eigenvalue weighted by Gasteiger charge is -2.17. The van der Waals surface area contributed by atoms with Gasteiger partial charge in [0.15, 0.2) is 0 Å². The first-order chi connectivity index (χ1) is 11.1. The Morgan fingerprint density at radius 1 is 1.09 bits per heavy atom. The van der Waals surface area contributed by atoms with Crippen LogP contribution in [0.25, 0.3) is 0 Å². The highest BCUT2D eigenvalue weighted by atomic mass is 16.5. The second kappa shape index (κ2) is 7.84. The maximum Gasteiger partial charge on any atom is 0.407 e. The summed E-state index contributed by atoms with van der Waals surface area (Å²) in [5.41, 5.74) is 0.759. The fourth-order valence-corrected chi connectivity index (χ4v) is 1.94. The predicted octanol–water partition coefficient (Wildman–Crippen LogP) is 2.26. The van der Waals surface area contributed by atoms with Crippen molar-refractivity contribution in [2.75, 3.05) is 7.11 Å². The molecule has 1 atom stereocenters. The van der Waals surface area contributed by atoms with Crippen LogP contribution >= 0.6 is 0 Å². The van der Waals surface area contributed by atoms with Gasteiger partial charge >= 0.3 is 12.1 Å². The van der Waals surface area contributed by atoms with Gasteiger partial charge in [0.25, 0.3) is 0 Å². The monoisotopic (exact) mass is 315 g/mol. The number of nitrogens with one attached hydrogen (secondary N) is 1. The Morgan fingerprint density at radius 3 is 2.35 bits per heavy atom. The summed E-state index contributed by atoms with van der Waals surface area (Å²) in [4.78, 5) is 23.7. The Hall–Kier alpha value is -3.02. The molecule has 2 N–H and O–H groups in total. The number of hydrogen-bond acceptors (Lipinski definition) is 5. The molecule has 0 aliphatic heterocycles. The molecular weight excluding hydrogens is 298 g/mol. The number of phenols is 1. The normalized spacial score (nSPS) is 11.3. The van der Waals surface area contributed by atoms with E-state index in [1.54, 1.807) is 42.5 Å². The van der Waals surface area contributed by atoms with Crippen LogP contribution in [-0.4, -0.2) is 30.3 Å². The molecular formula is C17H17NO5. The quantitative estimate of drug-likeness (QED) is 0.653. The van der Waals surface area contributed by atoms with Crippen molar-refractivity contribution in [2.45, 2.75) is 12.5 Å². The summed E-state index contributed by atoms with van der Waals surface area (Å²) in [6.45, 7) is 0. The predicted molar refractivity (Wildman–Crippen MR) is 83.2 cm³/mol. The van der Waals surface area contributed by atoms with E-state index in [0.29, 0.717) is 5.75 Å². The van der Waals surface area contributed by atoms with E-state index in [4.69, 9.17) is 4.74 Å². The first-order valence-corrected chi connectivity index (χ1v) is 6.97. The van der Waals surface area contributed by atoms with Gasteiger partial charge in [-0.1, -0.05) is 30.3 Å². The van der Waals surface area contributed by atoms with Crippen molar-refractivity contribution in [3.63, 3.8) is 0 Å². The van der Waals surface area contributed by atoms with Crippen molar-refractivity contribution in [3.05, 3.63) is 60.2 Å². The van der Waals surface area contributed by atoms with Crippen LogP contribution < -0.4 is 10.1 Å². The third-order valence-electron chi connectivity index (χ3n) is 3.10. The third kappa shape index (κ3) is 5.03. The molecule has 0 bridgehead atoms. The van der Waals surface area contributed by atoms with Gasteiger partial charge in [0, 0.05) is 6.42 Å². The highest BCUT2D eigenvalue weighted by Gasteiger charge is 2.23. The Morgan fingerprint density at radius 2 is 1.74 bits per heavy atom. The van der Waals surface area contributed by atoms with Crippen LogP contribution in [0.15, 0.2) is 54.6 Å². The van der Waals surface area contributed by atoms with Crippen LogP contribution in [-0.2, 0) is 16.0 Å². The molecule has 0 spiro atoms.